The first-order valence-corrected chi connectivity index (χ1v) is 7.05. The molecule has 1 aromatic heterocycles. The summed E-state index contributed by atoms with van der Waals surface area (Å²) in [5, 5.41) is 20.2. The lowest BCUT2D eigenvalue weighted by Gasteiger charge is -2.07. The van der Waals surface area contributed by atoms with E-state index >= 15 is 0 Å². The second-order valence-corrected chi connectivity index (χ2v) is 5.20. The molecule has 118 valence electrons. The van der Waals surface area contributed by atoms with E-state index in [0.29, 0.717) is 16.7 Å². The van der Waals surface area contributed by atoms with Crippen LogP contribution in [0.2, 0.25) is 0 Å². The van der Waals surface area contributed by atoms with Gasteiger partial charge in [0, 0.05) is 17.7 Å². The number of carbonyl (C=O) groups excluding carboxylic acids is 1. The van der Waals surface area contributed by atoms with Crippen molar-refractivity contribution in [2.24, 2.45) is 0 Å². The topological polar surface area (TPSA) is 110 Å². The first kappa shape index (κ1) is 15.4. The van der Waals surface area contributed by atoms with Crippen LogP contribution in [0.5, 0.6) is 0 Å². The summed E-state index contributed by atoms with van der Waals surface area (Å²) >= 11 is 0. The molecular formula is C17H11N3O4. The fourth-order valence-electron chi connectivity index (χ4n) is 2.43. The Morgan fingerprint density at radius 2 is 2.08 bits per heavy atom. The number of ketones is 1. The lowest BCUT2D eigenvalue weighted by molar-refractivity contribution is -0.384. The SMILES string of the molecule is Cc1cc([N+](=O)[O-])ccc1C(=O)[C@H](C#N)c1nc2ccccc2o1. The van der Waals surface area contributed by atoms with Crippen LogP contribution in [0.3, 0.4) is 0 Å². The molecule has 0 aliphatic heterocycles. The zero-order valence-corrected chi connectivity index (χ0v) is 12.6. The van der Waals surface area contributed by atoms with Crippen LogP contribution in [-0.4, -0.2) is 15.7 Å². The van der Waals surface area contributed by atoms with Gasteiger partial charge in [0.25, 0.3) is 5.69 Å². The molecule has 3 aromatic rings. The number of para-hydroxylation sites is 2. The van der Waals surface area contributed by atoms with Crippen molar-refractivity contribution in [2.75, 3.05) is 0 Å². The summed E-state index contributed by atoms with van der Waals surface area (Å²) < 4.78 is 5.50. The number of aromatic nitrogens is 1. The Morgan fingerprint density at radius 3 is 2.71 bits per heavy atom. The molecule has 0 unspecified atom stereocenters. The second kappa shape index (κ2) is 5.93. The summed E-state index contributed by atoms with van der Waals surface area (Å²) in [5.74, 6) is -1.70. The molecular weight excluding hydrogens is 310 g/mol. The predicted octanol–water partition coefficient (Wildman–Crippen LogP) is 3.53. The second-order valence-electron chi connectivity index (χ2n) is 5.20. The van der Waals surface area contributed by atoms with E-state index in [9.17, 15) is 20.2 Å². The number of hydrogen-bond donors (Lipinski definition) is 0. The van der Waals surface area contributed by atoms with Crippen molar-refractivity contribution in [3.63, 3.8) is 0 Å². The van der Waals surface area contributed by atoms with Gasteiger partial charge in [0.2, 0.25) is 5.89 Å². The van der Waals surface area contributed by atoms with Crippen molar-refractivity contribution < 1.29 is 14.1 Å². The Balaban J connectivity index is 2.00. The number of nitro benzene ring substituents is 1. The van der Waals surface area contributed by atoms with Gasteiger partial charge in [0.05, 0.1) is 11.0 Å². The average molecular weight is 321 g/mol. The predicted molar refractivity (Wildman–Crippen MR) is 84.5 cm³/mol. The number of Topliss-reactive ketones (excluding diaryl/α,β-unsaturated/α-hetero) is 1. The molecule has 2 aromatic carbocycles. The highest BCUT2D eigenvalue weighted by molar-refractivity contribution is 6.03. The van der Waals surface area contributed by atoms with Gasteiger partial charge >= 0.3 is 0 Å². The zero-order valence-electron chi connectivity index (χ0n) is 12.6. The van der Waals surface area contributed by atoms with Gasteiger partial charge in [0.1, 0.15) is 5.52 Å². The van der Waals surface area contributed by atoms with E-state index in [-0.39, 0.29) is 17.1 Å². The molecule has 0 radical (unpaired) electrons. The largest absolute Gasteiger partial charge is 0.439 e. The van der Waals surface area contributed by atoms with Crippen molar-refractivity contribution in [1.29, 1.82) is 5.26 Å². The van der Waals surface area contributed by atoms with Crippen LogP contribution in [0.4, 0.5) is 5.69 Å². The van der Waals surface area contributed by atoms with Crippen molar-refractivity contribution in [3.05, 3.63) is 69.6 Å². The third-order valence-electron chi connectivity index (χ3n) is 3.63. The Labute approximate surface area is 136 Å². The zero-order chi connectivity index (χ0) is 17.3. The standard InChI is InChI=1S/C17H11N3O4/c1-10-8-11(20(22)23)6-7-12(10)16(21)13(9-18)17-19-14-4-2-3-5-15(14)24-17/h2-8,13H,1H3/t13-/m0/s1. The summed E-state index contributed by atoms with van der Waals surface area (Å²) in [6.45, 7) is 1.58. The highest BCUT2D eigenvalue weighted by atomic mass is 16.6. The van der Waals surface area contributed by atoms with Crippen LogP contribution in [-0.2, 0) is 0 Å². The molecule has 7 heteroatoms. The van der Waals surface area contributed by atoms with Crippen LogP contribution >= 0.6 is 0 Å². The number of aryl methyl sites for hydroxylation is 1. The number of benzene rings is 2. The number of nitro groups is 1. The lowest BCUT2D eigenvalue weighted by Crippen LogP contribution is -2.13. The molecule has 1 heterocycles. The van der Waals surface area contributed by atoms with Crippen LogP contribution in [0.15, 0.2) is 46.9 Å². The molecule has 0 bridgehead atoms. The molecule has 0 aliphatic carbocycles. The van der Waals surface area contributed by atoms with Gasteiger partial charge in [-0.1, -0.05) is 12.1 Å². The highest BCUT2D eigenvalue weighted by Gasteiger charge is 2.28. The Bertz CT molecular complexity index is 967. The average Bonchev–Trinajstić information content (AvgIpc) is 2.98. The summed E-state index contributed by atoms with van der Waals surface area (Å²) in [4.78, 5) is 27.1. The number of hydrogen-bond acceptors (Lipinski definition) is 6. The van der Waals surface area contributed by atoms with E-state index in [2.05, 4.69) is 4.98 Å². The summed E-state index contributed by atoms with van der Waals surface area (Å²) in [7, 11) is 0. The molecule has 0 saturated heterocycles. The van der Waals surface area contributed by atoms with Crippen molar-refractivity contribution >= 4 is 22.6 Å². The normalized spacial score (nSPS) is 11.8. The molecule has 3 rings (SSSR count). The maximum Gasteiger partial charge on any atom is 0.269 e. The van der Waals surface area contributed by atoms with E-state index < -0.39 is 16.6 Å². The van der Waals surface area contributed by atoms with E-state index in [1.807, 2.05) is 6.07 Å². The maximum atomic E-state index is 12.7. The first-order valence-electron chi connectivity index (χ1n) is 7.05. The van der Waals surface area contributed by atoms with Crippen molar-refractivity contribution in [3.8, 4) is 6.07 Å². The molecule has 0 aliphatic rings. The van der Waals surface area contributed by atoms with Gasteiger partial charge in [-0.2, -0.15) is 5.26 Å². The fourth-order valence-corrected chi connectivity index (χ4v) is 2.43. The highest BCUT2D eigenvalue weighted by Crippen LogP contribution is 2.26. The van der Waals surface area contributed by atoms with Gasteiger partial charge in [-0.25, -0.2) is 4.98 Å². The van der Waals surface area contributed by atoms with Gasteiger partial charge in [0.15, 0.2) is 17.3 Å². The molecule has 0 N–H and O–H groups in total. The lowest BCUT2D eigenvalue weighted by atomic mass is 9.95. The first-order chi connectivity index (χ1) is 11.5. The fraction of sp³-hybridized carbons (Fsp3) is 0.118. The van der Waals surface area contributed by atoms with Crippen molar-refractivity contribution in [2.45, 2.75) is 12.8 Å². The number of oxazole rings is 1. The number of carbonyl (C=O) groups is 1. The third kappa shape index (κ3) is 2.61. The minimum atomic E-state index is -1.21. The number of rotatable bonds is 4. The maximum absolute atomic E-state index is 12.7. The number of nitriles is 1. The van der Waals surface area contributed by atoms with E-state index in [1.54, 1.807) is 31.2 Å². The Kier molecular flexibility index (Phi) is 3.80. The molecule has 0 saturated carbocycles. The minimum Gasteiger partial charge on any atom is -0.439 e. The molecule has 7 nitrogen and oxygen atoms in total. The quantitative estimate of drug-likeness (QED) is 0.413. The summed E-state index contributed by atoms with van der Waals surface area (Å²) in [6, 6.07) is 12.7. The number of nitrogens with zero attached hydrogens (tertiary/aromatic N) is 3. The third-order valence-corrected chi connectivity index (χ3v) is 3.63. The Hall–Kier alpha value is -3.53. The van der Waals surface area contributed by atoms with E-state index in [4.69, 9.17) is 4.42 Å². The monoisotopic (exact) mass is 321 g/mol. The molecule has 0 amide bonds. The summed E-state index contributed by atoms with van der Waals surface area (Å²) in [5.41, 5.74) is 1.58. The molecule has 0 spiro atoms. The van der Waals surface area contributed by atoms with Gasteiger partial charge in [-0.15, -0.1) is 0 Å². The summed E-state index contributed by atoms with van der Waals surface area (Å²) in [6.07, 6.45) is 0. The van der Waals surface area contributed by atoms with Crippen LogP contribution in [0.25, 0.3) is 11.1 Å². The van der Waals surface area contributed by atoms with Crippen LogP contribution in [0, 0.1) is 28.4 Å². The molecule has 0 fully saturated rings. The number of non-ortho nitro benzene ring substituents is 1. The van der Waals surface area contributed by atoms with Crippen molar-refractivity contribution in [1.82, 2.24) is 4.98 Å². The van der Waals surface area contributed by atoms with Crippen LogP contribution in [0.1, 0.15) is 27.7 Å². The smallest absolute Gasteiger partial charge is 0.269 e. The van der Waals surface area contributed by atoms with Gasteiger partial charge < -0.3 is 4.42 Å². The van der Waals surface area contributed by atoms with E-state index in [0.717, 1.165) is 0 Å². The van der Waals surface area contributed by atoms with Gasteiger partial charge in [-0.05, 0) is 30.7 Å². The van der Waals surface area contributed by atoms with E-state index in [1.165, 1.54) is 18.2 Å². The number of fused-ring (bicyclic) bond motifs is 1. The molecule has 24 heavy (non-hydrogen) atoms. The minimum absolute atomic E-state index is 0.0152. The van der Waals surface area contributed by atoms with Gasteiger partial charge in [-0.3, -0.25) is 14.9 Å². The molecule has 1 atom stereocenters. The van der Waals surface area contributed by atoms with Crippen LogP contribution < -0.4 is 0 Å². The Morgan fingerprint density at radius 1 is 1.33 bits per heavy atom.